The van der Waals surface area contributed by atoms with Gasteiger partial charge in [-0.3, -0.25) is 33.2 Å². The van der Waals surface area contributed by atoms with Crippen molar-refractivity contribution in [3.63, 3.8) is 0 Å². The summed E-state index contributed by atoms with van der Waals surface area (Å²) in [7, 11) is 7.69. The van der Waals surface area contributed by atoms with Crippen molar-refractivity contribution < 1.29 is 74.0 Å². The van der Waals surface area contributed by atoms with Gasteiger partial charge in [-0.15, -0.1) is 5.10 Å². The molecular weight excluding hydrogens is 977 g/mol. The van der Waals surface area contributed by atoms with Crippen molar-refractivity contribution in [1.29, 1.82) is 0 Å². The summed E-state index contributed by atoms with van der Waals surface area (Å²) < 4.78 is 43.0. The van der Waals surface area contributed by atoms with E-state index in [1.165, 1.54) is 9.13 Å². The van der Waals surface area contributed by atoms with E-state index in [0.717, 1.165) is 0 Å². The highest BCUT2D eigenvalue weighted by atomic mass is 16.7. The third-order valence-electron chi connectivity index (χ3n) is 13.0. The van der Waals surface area contributed by atoms with Gasteiger partial charge in [0, 0.05) is 47.9 Å². The van der Waals surface area contributed by atoms with Gasteiger partial charge in [0.2, 0.25) is 5.88 Å². The first-order valence-electron chi connectivity index (χ1n) is 24.7. The molecule has 26 heteroatoms. The minimum Gasteiger partial charge on any atom is -0.494 e. The molecule has 0 radical (unpaired) electrons. The number of aliphatic hydroxyl groups excluding tert-OH is 7. The molecule has 1 aromatic carbocycles. The van der Waals surface area contributed by atoms with E-state index in [4.69, 9.17) is 38.2 Å². The van der Waals surface area contributed by atoms with Crippen LogP contribution in [0.5, 0.6) is 5.88 Å². The van der Waals surface area contributed by atoms with E-state index in [1.54, 1.807) is 29.1 Å². The topological polar surface area (TPSA) is 337 Å². The van der Waals surface area contributed by atoms with Crippen LogP contribution in [0.15, 0.2) is 43.8 Å². The Kier molecular flexibility index (Phi) is 20.3. The predicted molar refractivity (Wildman–Crippen MR) is 262 cm³/mol. The molecule has 10 atom stereocenters. The van der Waals surface area contributed by atoms with Gasteiger partial charge in [0.25, 0.3) is 16.7 Å². The molecule has 3 aromatic rings. The Morgan fingerprint density at radius 1 is 0.676 bits per heavy atom. The van der Waals surface area contributed by atoms with Crippen LogP contribution in [0.2, 0.25) is 0 Å². The third-order valence-corrected chi connectivity index (χ3v) is 13.0. The van der Waals surface area contributed by atoms with E-state index in [0.29, 0.717) is 71.7 Å². The van der Waals surface area contributed by atoms with Crippen LogP contribution < -0.4 is 22.0 Å². The van der Waals surface area contributed by atoms with Crippen LogP contribution in [-0.2, 0) is 59.4 Å². The minimum atomic E-state index is -1.78. The molecule has 5 heterocycles. The van der Waals surface area contributed by atoms with E-state index in [-0.39, 0.29) is 82.7 Å². The van der Waals surface area contributed by atoms with Crippen LogP contribution in [0, 0.1) is 0 Å². The molecule has 26 nitrogen and oxygen atoms in total. The first-order chi connectivity index (χ1) is 35.6. The number of pyridine rings is 2. The Balaban J connectivity index is 0.853. The average molecular weight is 1050 g/mol. The molecule has 0 bridgehead atoms. The quantitative estimate of drug-likeness (QED) is 0.0175. The molecule has 0 spiro atoms. The number of aromatic nitrogens is 5. The first kappa shape index (κ1) is 57.0. The lowest BCUT2D eigenvalue weighted by atomic mass is 9.90. The van der Waals surface area contributed by atoms with Crippen molar-refractivity contribution in [2.24, 2.45) is 4.99 Å². The van der Waals surface area contributed by atoms with Crippen molar-refractivity contribution >= 4 is 21.5 Å². The Bertz CT molecular complexity index is 2770. The van der Waals surface area contributed by atoms with E-state index < -0.39 is 91.3 Å². The second-order valence-electron chi connectivity index (χ2n) is 18.9. The Labute approximate surface area is 424 Å². The van der Waals surface area contributed by atoms with Gasteiger partial charge in [-0.1, -0.05) is 5.21 Å². The van der Waals surface area contributed by atoms with E-state index in [1.807, 2.05) is 38.0 Å². The van der Waals surface area contributed by atoms with Gasteiger partial charge < -0.3 is 83.8 Å². The number of benzene rings is 2. The number of aromatic hydroxyl groups is 1. The summed E-state index contributed by atoms with van der Waals surface area (Å²) >= 11 is 0. The zero-order chi connectivity index (χ0) is 53.2. The van der Waals surface area contributed by atoms with Crippen LogP contribution >= 0.6 is 0 Å². The maximum atomic E-state index is 14.3. The molecule has 0 saturated carbocycles. The van der Waals surface area contributed by atoms with E-state index in [9.17, 15) is 55.2 Å². The zero-order valence-corrected chi connectivity index (χ0v) is 42.0. The largest absolute Gasteiger partial charge is 0.494 e. The lowest BCUT2D eigenvalue weighted by molar-refractivity contribution is -0.359. The first-order valence-corrected chi connectivity index (χ1v) is 24.7. The summed E-state index contributed by atoms with van der Waals surface area (Å²) in [5.41, 5.74) is -0.172. The van der Waals surface area contributed by atoms with Crippen LogP contribution in [0.3, 0.4) is 0 Å². The summed E-state index contributed by atoms with van der Waals surface area (Å²) in [5.74, 6) is -0.225. The number of aryl methyl sites for hydroxylation is 1. The van der Waals surface area contributed by atoms with Crippen LogP contribution in [0.25, 0.3) is 32.7 Å². The van der Waals surface area contributed by atoms with Crippen molar-refractivity contribution in [1.82, 2.24) is 33.9 Å². The molecule has 410 valence electrons. The fraction of sp³-hybridized carbons (Fsp3) is 0.667. The van der Waals surface area contributed by atoms with Gasteiger partial charge in [-0.05, 0) is 78.7 Å². The lowest BCUT2D eigenvalue weighted by Crippen LogP contribution is -2.64. The smallest absolute Gasteiger partial charge is 0.263 e. The zero-order valence-electron chi connectivity index (χ0n) is 42.0. The number of rotatable bonds is 28. The molecular formula is C48H70N8O18. The summed E-state index contributed by atoms with van der Waals surface area (Å²) in [6, 6.07) is 4.86. The molecule has 0 amide bonds. The molecule has 7 rings (SSSR count). The fourth-order valence-electron chi connectivity index (χ4n) is 9.16. The Morgan fingerprint density at radius 2 is 1.30 bits per heavy atom. The van der Waals surface area contributed by atoms with Gasteiger partial charge in [0.05, 0.1) is 82.0 Å². The van der Waals surface area contributed by atoms with Crippen molar-refractivity contribution in [2.45, 2.75) is 107 Å². The molecule has 0 unspecified atom stereocenters. The molecule has 4 aliphatic rings. The number of aliphatic hydroxyl groups is 7. The molecule has 3 aliphatic heterocycles. The standard InChI is InChI=1S/C48H70N8O18/c1-52(2)11-6-14-55-43(64)28-8-9-29-35-34(28)30(45(55)66)22-31(36(35)46(67)56(44(29)65)15-7-12-53(3)4)49-10-5-13-54-23-27(50-51-54)26-70-19-18-68-16-17-69-20-21-71-47-41(63)39(61)42(33(25-58)73-47)74-48-40(62)38(60)37(59)32(24-57)72-48/h8-9,22-23,32-33,37-42,47-48,57-63,65H,5-7,10-21,24-26H2,1-4H3/t32-,33-,37-,38+,39-,40-,41-,42-,47-,48-/m1/s1. The highest BCUT2D eigenvalue weighted by molar-refractivity contribution is 6.15. The van der Waals surface area contributed by atoms with Crippen LogP contribution in [0.4, 0.5) is 0 Å². The molecule has 2 saturated heterocycles. The number of ether oxygens (including phenoxy) is 7. The SMILES string of the molecule is CN(C)CCCn1c(O)c2ccc3c4c2c(c(=NCCCn2cc(COCCOCCOCCO[C@@H]5O[C@H](CO)[C@@H](O[C@H]6O[C@H](CO)[C@@H](O)[C@H](O)[C@H]6O)[C@H](O)[C@H]5O)nn2)cc-4c(=O)n(CCCN(C)C)c3=O)c1=O. The second kappa shape index (κ2) is 26.4. The Hall–Kier alpha value is -4.72. The highest BCUT2D eigenvalue weighted by Gasteiger charge is 2.50. The van der Waals surface area contributed by atoms with Crippen LogP contribution in [0.1, 0.15) is 25.0 Å². The van der Waals surface area contributed by atoms with Crippen molar-refractivity contribution in [3.05, 3.63) is 66.5 Å². The van der Waals surface area contributed by atoms with E-state index in [2.05, 4.69) is 10.3 Å². The molecule has 74 heavy (non-hydrogen) atoms. The molecule has 1 aliphatic carbocycles. The summed E-state index contributed by atoms with van der Waals surface area (Å²) in [4.78, 5) is 50.9. The van der Waals surface area contributed by atoms with Crippen molar-refractivity contribution in [3.8, 4) is 17.0 Å². The number of hydrogen-bond acceptors (Lipinski definition) is 23. The van der Waals surface area contributed by atoms with Gasteiger partial charge >= 0.3 is 0 Å². The third kappa shape index (κ3) is 13.1. The maximum Gasteiger partial charge on any atom is 0.263 e. The summed E-state index contributed by atoms with van der Waals surface area (Å²) in [5, 5.41) is 92.6. The molecule has 2 aromatic heterocycles. The second-order valence-corrected chi connectivity index (χ2v) is 18.9. The van der Waals surface area contributed by atoms with Gasteiger partial charge in [0.1, 0.15) is 54.5 Å². The van der Waals surface area contributed by atoms with Crippen molar-refractivity contribution in [2.75, 3.05) is 101 Å². The number of nitrogens with zero attached hydrogens (tertiary/aromatic N) is 8. The molecule has 2 fully saturated rings. The molecule has 8 N–H and O–H groups in total. The summed E-state index contributed by atoms with van der Waals surface area (Å²) in [6.45, 7) is 2.25. The normalized spacial score (nSPS) is 25.0. The van der Waals surface area contributed by atoms with Crippen LogP contribution in [-0.4, -0.2) is 237 Å². The summed E-state index contributed by atoms with van der Waals surface area (Å²) in [6.07, 6.45) is -12.1. The predicted octanol–water partition coefficient (Wildman–Crippen LogP) is -3.96. The monoisotopic (exact) mass is 1050 g/mol. The Morgan fingerprint density at radius 3 is 1.97 bits per heavy atom. The number of hydrogen-bond donors (Lipinski definition) is 8. The van der Waals surface area contributed by atoms with E-state index >= 15 is 0 Å². The lowest BCUT2D eigenvalue weighted by Gasteiger charge is -2.45. The maximum absolute atomic E-state index is 14.3. The van der Waals surface area contributed by atoms with Gasteiger partial charge in [-0.25, -0.2) is 0 Å². The average Bonchev–Trinajstić information content (AvgIpc) is 3.84. The van der Waals surface area contributed by atoms with Gasteiger partial charge in [-0.2, -0.15) is 0 Å². The minimum absolute atomic E-state index is 0.0643. The fourth-order valence-corrected chi connectivity index (χ4v) is 9.16. The van der Waals surface area contributed by atoms with Gasteiger partial charge in [0.15, 0.2) is 12.6 Å². The highest BCUT2D eigenvalue weighted by Crippen LogP contribution is 2.37.